The summed E-state index contributed by atoms with van der Waals surface area (Å²) in [4.78, 5) is 12.0. The van der Waals surface area contributed by atoms with Gasteiger partial charge in [-0.1, -0.05) is 31.2 Å². The Labute approximate surface area is 96.6 Å². The molecule has 1 aromatic rings. The first-order valence-electron chi connectivity index (χ1n) is 5.60. The lowest BCUT2D eigenvalue weighted by atomic mass is 9.94. The maximum absolute atomic E-state index is 12.0. The molecule has 0 saturated heterocycles. The first-order valence-corrected chi connectivity index (χ1v) is 5.60. The van der Waals surface area contributed by atoms with E-state index in [0.717, 1.165) is 12.8 Å². The van der Waals surface area contributed by atoms with Crippen LogP contribution in [-0.2, 0) is 0 Å². The second kappa shape index (κ2) is 6.11. The number of hydrogen-bond donors (Lipinski definition) is 1. The molecule has 0 aliphatic heterocycles. The van der Waals surface area contributed by atoms with Gasteiger partial charge in [0.05, 0.1) is 5.56 Å². The molecular weight excluding hydrogens is 200 g/mol. The van der Waals surface area contributed by atoms with Gasteiger partial charge in [-0.25, -0.2) is 0 Å². The zero-order chi connectivity index (χ0) is 12.0. The van der Waals surface area contributed by atoms with Crippen LogP contribution in [0.3, 0.4) is 0 Å². The molecule has 0 aliphatic rings. The molecule has 1 unspecified atom stereocenters. The van der Waals surface area contributed by atoms with Gasteiger partial charge in [0.2, 0.25) is 0 Å². The molecule has 2 nitrogen and oxygen atoms in total. The zero-order valence-electron chi connectivity index (χ0n) is 9.81. The van der Waals surface area contributed by atoms with Crippen LogP contribution in [0.4, 0.5) is 0 Å². The predicted molar refractivity (Wildman–Crippen MR) is 65.6 cm³/mol. The van der Waals surface area contributed by atoms with Crippen LogP contribution in [0.15, 0.2) is 36.4 Å². The standard InChI is InChI=1S/C14H18O2/c1-3-4-5-8-11(2)14(16)12-9-6-7-10-13(12)15/h3-4,6-7,9-11,15H,5,8H2,1-2H3/b4-3+. The second-order valence-electron chi connectivity index (χ2n) is 3.93. The smallest absolute Gasteiger partial charge is 0.169 e. The molecule has 0 fully saturated rings. The summed E-state index contributed by atoms with van der Waals surface area (Å²) in [7, 11) is 0. The van der Waals surface area contributed by atoms with Gasteiger partial charge < -0.3 is 5.11 Å². The van der Waals surface area contributed by atoms with E-state index in [0.29, 0.717) is 5.56 Å². The Morgan fingerprint density at radius 2 is 2.12 bits per heavy atom. The van der Waals surface area contributed by atoms with E-state index in [1.165, 1.54) is 0 Å². The normalized spacial score (nSPS) is 12.9. The number of carbonyl (C=O) groups excluding carboxylic acids is 1. The van der Waals surface area contributed by atoms with Gasteiger partial charge in [0.25, 0.3) is 0 Å². The van der Waals surface area contributed by atoms with Crippen LogP contribution in [-0.4, -0.2) is 10.9 Å². The number of phenols is 1. The van der Waals surface area contributed by atoms with E-state index in [-0.39, 0.29) is 17.5 Å². The third kappa shape index (κ3) is 3.23. The number of carbonyl (C=O) groups is 1. The summed E-state index contributed by atoms with van der Waals surface area (Å²) in [6.45, 7) is 3.87. The summed E-state index contributed by atoms with van der Waals surface area (Å²) < 4.78 is 0. The fraction of sp³-hybridized carbons (Fsp3) is 0.357. The molecule has 0 aliphatic carbocycles. The van der Waals surface area contributed by atoms with Crippen LogP contribution < -0.4 is 0 Å². The summed E-state index contributed by atoms with van der Waals surface area (Å²) in [5.41, 5.74) is 0.426. The van der Waals surface area contributed by atoms with Crippen molar-refractivity contribution in [1.82, 2.24) is 0 Å². The lowest BCUT2D eigenvalue weighted by molar-refractivity contribution is 0.0922. The van der Waals surface area contributed by atoms with Gasteiger partial charge in [0.1, 0.15) is 5.75 Å². The molecule has 1 rings (SSSR count). The molecule has 86 valence electrons. The fourth-order valence-corrected chi connectivity index (χ4v) is 1.59. The average Bonchev–Trinajstić information content (AvgIpc) is 2.29. The summed E-state index contributed by atoms with van der Waals surface area (Å²) in [6, 6.07) is 6.71. The largest absolute Gasteiger partial charge is 0.507 e. The number of aromatic hydroxyl groups is 1. The SMILES string of the molecule is C/C=C/CCC(C)C(=O)c1ccccc1O. The van der Waals surface area contributed by atoms with Gasteiger partial charge in [-0.3, -0.25) is 4.79 Å². The highest BCUT2D eigenvalue weighted by Gasteiger charge is 2.16. The quantitative estimate of drug-likeness (QED) is 0.606. The fourth-order valence-electron chi connectivity index (χ4n) is 1.59. The predicted octanol–water partition coefficient (Wildman–Crippen LogP) is 3.57. The zero-order valence-corrected chi connectivity index (χ0v) is 9.81. The molecule has 0 heterocycles. The minimum atomic E-state index is -0.0514. The van der Waals surface area contributed by atoms with E-state index in [2.05, 4.69) is 6.08 Å². The van der Waals surface area contributed by atoms with Gasteiger partial charge in [-0.05, 0) is 31.9 Å². The van der Waals surface area contributed by atoms with Crippen molar-refractivity contribution in [2.45, 2.75) is 26.7 Å². The van der Waals surface area contributed by atoms with Crippen molar-refractivity contribution in [1.29, 1.82) is 0 Å². The molecule has 1 aromatic carbocycles. The van der Waals surface area contributed by atoms with Crippen LogP contribution in [0, 0.1) is 5.92 Å². The van der Waals surface area contributed by atoms with Crippen molar-refractivity contribution in [3.05, 3.63) is 42.0 Å². The molecule has 0 bridgehead atoms. The Kier molecular flexibility index (Phi) is 4.77. The topological polar surface area (TPSA) is 37.3 Å². The van der Waals surface area contributed by atoms with Gasteiger partial charge in [0, 0.05) is 5.92 Å². The number of benzene rings is 1. The second-order valence-corrected chi connectivity index (χ2v) is 3.93. The van der Waals surface area contributed by atoms with Crippen LogP contribution in [0.1, 0.15) is 37.0 Å². The van der Waals surface area contributed by atoms with Crippen molar-refractivity contribution in [2.75, 3.05) is 0 Å². The monoisotopic (exact) mass is 218 g/mol. The number of hydrogen-bond acceptors (Lipinski definition) is 2. The molecular formula is C14H18O2. The Hall–Kier alpha value is -1.57. The van der Waals surface area contributed by atoms with Crippen molar-refractivity contribution in [3.63, 3.8) is 0 Å². The van der Waals surface area contributed by atoms with E-state index in [9.17, 15) is 9.90 Å². The molecule has 0 amide bonds. The minimum Gasteiger partial charge on any atom is -0.507 e. The minimum absolute atomic E-state index is 0.0163. The van der Waals surface area contributed by atoms with Crippen molar-refractivity contribution in [2.24, 2.45) is 5.92 Å². The maximum atomic E-state index is 12.0. The number of rotatable bonds is 5. The highest BCUT2D eigenvalue weighted by atomic mass is 16.3. The third-order valence-corrected chi connectivity index (χ3v) is 2.62. The van der Waals surface area contributed by atoms with Crippen molar-refractivity contribution in [3.8, 4) is 5.75 Å². The number of ketones is 1. The van der Waals surface area contributed by atoms with E-state index >= 15 is 0 Å². The van der Waals surface area contributed by atoms with Crippen molar-refractivity contribution < 1.29 is 9.90 Å². The number of Topliss-reactive ketones (excluding diaryl/α,β-unsaturated/α-hetero) is 1. The number of para-hydroxylation sites is 1. The lowest BCUT2D eigenvalue weighted by Gasteiger charge is -2.10. The summed E-state index contributed by atoms with van der Waals surface area (Å²) in [6.07, 6.45) is 5.75. The van der Waals surface area contributed by atoms with E-state index in [1.807, 2.05) is 19.9 Å². The van der Waals surface area contributed by atoms with Crippen LogP contribution >= 0.6 is 0 Å². The molecule has 0 saturated carbocycles. The molecule has 0 aromatic heterocycles. The number of allylic oxidation sites excluding steroid dienone is 2. The van der Waals surface area contributed by atoms with Gasteiger partial charge in [0.15, 0.2) is 5.78 Å². The molecule has 16 heavy (non-hydrogen) atoms. The Bertz CT molecular complexity index is 380. The molecule has 0 radical (unpaired) electrons. The van der Waals surface area contributed by atoms with E-state index < -0.39 is 0 Å². The highest BCUT2D eigenvalue weighted by molar-refractivity contribution is 5.99. The van der Waals surface area contributed by atoms with Crippen molar-refractivity contribution >= 4 is 5.78 Å². The summed E-state index contributed by atoms with van der Waals surface area (Å²) in [5.74, 6) is 0.0393. The first kappa shape index (κ1) is 12.5. The average molecular weight is 218 g/mol. The highest BCUT2D eigenvalue weighted by Crippen LogP contribution is 2.21. The molecule has 2 heteroatoms. The van der Waals surface area contributed by atoms with Gasteiger partial charge in [-0.2, -0.15) is 0 Å². The van der Waals surface area contributed by atoms with Crippen LogP contribution in [0.5, 0.6) is 5.75 Å². The molecule has 1 atom stereocenters. The van der Waals surface area contributed by atoms with Gasteiger partial charge >= 0.3 is 0 Å². The Balaban J connectivity index is 2.67. The number of phenolic OH excluding ortho intramolecular Hbond substituents is 1. The van der Waals surface area contributed by atoms with E-state index in [1.54, 1.807) is 24.3 Å². The summed E-state index contributed by atoms with van der Waals surface area (Å²) >= 11 is 0. The third-order valence-electron chi connectivity index (χ3n) is 2.62. The molecule has 1 N–H and O–H groups in total. The Morgan fingerprint density at radius 1 is 1.44 bits per heavy atom. The van der Waals surface area contributed by atoms with E-state index in [4.69, 9.17) is 0 Å². The van der Waals surface area contributed by atoms with Crippen LogP contribution in [0.25, 0.3) is 0 Å². The maximum Gasteiger partial charge on any atom is 0.169 e. The first-order chi connectivity index (χ1) is 7.66. The molecule has 0 spiro atoms. The van der Waals surface area contributed by atoms with Gasteiger partial charge in [-0.15, -0.1) is 0 Å². The summed E-state index contributed by atoms with van der Waals surface area (Å²) in [5, 5.41) is 9.57. The Morgan fingerprint density at radius 3 is 2.75 bits per heavy atom. The lowest BCUT2D eigenvalue weighted by Crippen LogP contribution is -2.11. The van der Waals surface area contributed by atoms with Crippen LogP contribution in [0.2, 0.25) is 0 Å².